The lowest BCUT2D eigenvalue weighted by Gasteiger charge is -1.91. The molecule has 0 atom stereocenters. The molecule has 1 heteroatoms. The van der Waals surface area contributed by atoms with Crippen molar-refractivity contribution in [3.05, 3.63) is 23.6 Å². The van der Waals surface area contributed by atoms with Crippen LogP contribution in [0.15, 0.2) is 23.6 Å². The average Bonchev–Trinajstić information content (AvgIpc) is 1.89. The first-order valence-corrected chi connectivity index (χ1v) is 4.35. The van der Waals surface area contributed by atoms with Gasteiger partial charge in [0.15, 0.2) is 0 Å². The minimum atomic E-state index is 1.10. The summed E-state index contributed by atoms with van der Waals surface area (Å²) in [7, 11) is 0. The molecule has 9 heavy (non-hydrogen) atoms. The minimum absolute atomic E-state index is 1.10. The van der Waals surface area contributed by atoms with E-state index < -0.39 is 0 Å². The van der Waals surface area contributed by atoms with Crippen molar-refractivity contribution >= 4 is 11.8 Å². The van der Waals surface area contributed by atoms with E-state index in [1.807, 2.05) is 6.08 Å². The summed E-state index contributed by atoms with van der Waals surface area (Å²) in [5.74, 6) is 0. The van der Waals surface area contributed by atoms with Gasteiger partial charge in [-0.3, -0.25) is 0 Å². The summed E-state index contributed by atoms with van der Waals surface area (Å²) in [4.78, 5) is 1.40. The standard InChI is InChI=1S/C8H14S/c1-4-5-6-7-8(2)9-3/h4,7H,1,5-6H2,2-3H3. The molecule has 0 bridgehead atoms. The largest absolute Gasteiger partial charge is 0.135 e. The number of unbranched alkanes of at least 4 members (excludes halogenated alkanes) is 1. The van der Waals surface area contributed by atoms with Crippen LogP contribution in [0, 0.1) is 0 Å². The van der Waals surface area contributed by atoms with Crippen LogP contribution in [0.25, 0.3) is 0 Å². The van der Waals surface area contributed by atoms with Gasteiger partial charge in [-0.25, -0.2) is 0 Å². The fourth-order valence-corrected chi connectivity index (χ4v) is 0.772. The van der Waals surface area contributed by atoms with Gasteiger partial charge in [-0.05, 0) is 30.9 Å². The molecule has 0 N–H and O–H groups in total. The van der Waals surface area contributed by atoms with Crippen molar-refractivity contribution in [1.82, 2.24) is 0 Å². The summed E-state index contributed by atoms with van der Waals surface area (Å²) in [5.41, 5.74) is 0. The summed E-state index contributed by atoms with van der Waals surface area (Å²) < 4.78 is 0. The highest BCUT2D eigenvalue weighted by molar-refractivity contribution is 8.02. The van der Waals surface area contributed by atoms with Gasteiger partial charge in [-0.2, -0.15) is 0 Å². The molecule has 0 fully saturated rings. The number of hydrogen-bond acceptors (Lipinski definition) is 1. The zero-order valence-corrected chi connectivity index (χ0v) is 7.00. The summed E-state index contributed by atoms with van der Waals surface area (Å²) in [6.45, 7) is 5.78. The lowest BCUT2D eigenvalue weighted by atomic mass is 10.3. The number of rotatable bonds is 4. The number of allylic oxidation sites excluding steroid dienone is 3. The number of thioether (sulfide) groups is 1. The van der Waals surface area contributed by atoms with Crippen LogP contribution in [0.1, 0.15) is 19.8 Å². The van der Waals surface area contributed by atoms with Gasteiger partial charge in [0, 0.05) is 0 Å². The Morgan fingerprint density at radius 1 is 1.56 bits per heavy atom. The molecule has 0 radical (unpaired) electrons. The Morgan fingerprint density at radius 3 is 2.67 bits per heavy atom. The molecule has 0 amide bonds. The van der Waals surface area contributed by atoms with Crippen LogP contribution in [0.5, 0.6) is 0 Å². The van der Waals surface area contributed by atoms with E-state index in [0.29, 0.717) is 0 Å². The fourth-order valence-electron chi connectivity index (χ4n) is 0.488. The predicted octanol–water partition coefficient (Wildman–Crippen LogP) is 3.22. The molecule has 0 nitrogen and oxygen atoms in total. The third kappa shape index (κ3) is 5.71. The smallest absolute Gasteiger partial charge is 0.0140 e. The Kier molecular flexibility index (Phi) is 5.85. The van der Waals surface area contributed by atoms with Crippen molar-refractivity contribution in [1.29, 1.82) is 0 Å². The minimum Gasteiger partial charge on any atom is -0.135 e. The van der Waals surface area contributed by atoms with Crippen molar-refractivity contribution in [2.24, 2.45) is 0 Å². The molecule has 0 aromatic rings. The van der Waals surface area contributed by atoms with E-state index in [-0.39, 0.29) is 0 Å². The first-order chi connectivity index (χ1) is 4.31. The lowest BCUT2D eigenvalue weighted by Crippen LogP contribution is -1.66. The van der Waals surface area contributed by atoms with Gasteiger partial charge in [0.25, 0.3) is 0 Å². The first kappa shape index (κ1) is 8.83. The van der Waals surface area contributed by atoms with Gasteiger partial charge < -0.3 is 0 Å². The highest BCUT2D eigenvalue weighted by Gasteiger charge is 1.81. The zero-order chi connectivity index (χ0) is 7.11. The SMILES string of the molecule is C=CCCC=C(C)SC. The van der Waals surface area contributed by atoms with Gasteiger partial charge in [0.05, 0.1) is 0 Å². The molecule has 0 saturated carbocycles. The summed E-state index contributed by atoms with van der Waals surface area (Å²) in [5, 5.41) is 0. The molecule has 0 aromatic heterocycles. The molecule has 0 aromatic carbocycles. The quantitative estimate of drug-likeness (QED) is 0.429. The summed E-state index contributed by atoms with van der Waals surface area (Å²) >= 11 is 1.80. The third-order valence-corrected chi connectivity index (χ3v) is 1.94. The van der Waals surface area contributed by atoms with Crippen LogP contribution < -0.4 is 0 Å². The van der Waals surface area contributed by atoms with E-state index in [1.54, 1.807) is 11.8 Å². The summed E-state index contributed by atoms with van der Waals surface area (Å²) in [6, 6.07) is 0. The lowest BCUT2D eigenvalue weighted by molar-refractivity contribution is 1.05. The second-order valence-electron chi connectivity index (χ2n) is 1.88. The van der Waals surface area contributed by atoms with Crippen molar-refractivity contribution in [3.63, 3.8) is 0 Å². The molecule has 0 aliphatic rings. The van der Waals surface area contributed by atoms with E-state index in [9.17, 15) is 0 Å². The molecule has 52 valence electrons. The van der Waals surface area contributed by atoms with Gasteiger partial charge >= 0.3 is 0 Å². The Hall–Kier alpha value is -0.170. The maximum absolute atomic E-state index is 3.65. The van der Waals surface area contributed by atoms with Crippen LogP contribution >= 0.6 is 11.8 Å². The number of hydrogen-bond donors (Lipinski definition) is 0. The Morgan fingerprint density at radius 2 is 2.22 bits per heavy atom. The third-order valence-electron chi connectivity index (χ3n) is 1.12. The molecular formula is C8H14S. The fraction of sp³-hybridized carbons (Fsp3) is 0.500. The van der Waals surface area contributed by atoms with Crippen molar-refractivity contribution in [3.8, 4) is 0 Å². The normalized spacial score (nSPS) is 11.6. The van der Waals surface area contributed by atoms with Crippen molar-refractivity contribution in [2.45, 2.75) is 19.8 Å². The average molecular weight is 142 g/mol. The van der Waals surface area contributed by atoms with Crippen LogP contribution in [-0.4, -0.2) is 6.26 Å². The second-order valence-corrected chi connectivity index (χ2v) is 2.94. The van der Waals surface area contributed by atoms with Gasteiger partial charge in [0.2, 0.25) is 0 Å². The topological polar surface area (TPSA) is 0 Å². The maximum Gasteiger partial charge on any atom is -0.0140 e. The van der Waals surface area contributed by atoms with E-state index in [2.05, 4.69) is 25.8 Å². The van der Waals surface area contributed by atoms with Crippen molar-refractivity contribution < 1.29 is 0 Å². The Bertz CT molecular complexity index is 103. The van der Waals surface area contributed by atoms with Crippen LogP contribution in [0.4, 0.5) is 0 Å². The molecule has 0 saturated heterocycles. The first-order valence-electron chi connectivity index (χ1n) is 3.13. The maximum atomic E-state index is 3.65. The van der Waals surface area contributed by atoms with E-state index in [0.717, 1.165) is 12.8 Å². The molecule has 0 unspecified atom stereocenters. The highest BCUT2D eigenvalue weighted by atomic mass is 32.2. The van der Waals surface area contributed by atoms with Crippen LogP contribution in [0.3, 0.4) is 0 Å². The molecule has 0 heterocycles. The predicted molar refractivity (Wildman–Crippen MR) is 46.7 cm³/mol. The Balaban J connectivity index is 3.31. The van der Waals surface area contributed by atoms with Gasteiger partial charge in [-0.1, -0.05) is 12.2 Å². The van der Waals surface area contributed by atoms with Crippen molar-refractivity contribution in [2.75, 3.05) is 6.26 Å². The zero-order valence-electron chi connectivity index (χ0n) is 6.18. The van der Waals surface area contributed by atoms with Crippen LogP contribution in [-0.2, 0) is 0 Å². The molecule has 0 aliphatic heterocycles. The van der Waals surface area contributed by atoms with E-state index in [4.69, 9.17) is 0 Å². The molecule has 0 spiro atoms. The van der Waals surface area contributed by atoms with Crippen LogP contribution in [0.2, 0.25) is 0 Å². The van der Waals surface area contributed by atoms with Gasteiger partial charge in [-0.15, -0.1) is 18.3 Å². The van der Waals surface area contributed by atoms with E-state index in [1.165, 1.54) is 4.91 Å². The highest BCUT2D eigenvalue weighted by Crippen LogP contribution is 2.10. The van der Waals surface area contributed by atoms with Gasteiger partial charge in [0.1, 0.15) is 0 Å². The summed E-state index contributed by atoms with van der Waals surface area (Å²) in [6.07, 6.45) is 8.52. The Labute approximate surface area is 62.0 Å². The molecule has 0 aliphatic carbocycles. The second kappa shape index (κ2) is 5.96. The molecular weight excluding hydrogens is 128 g/mol. The molecule has 0 rings (SSSR count). The monoisotopic (exact) mass is 142 g/mol. The van der Waals surface area contributed by atoms with E-state index >= 15 is 0 Å².